The van der Waals surface area contributed by atoms with Crippen LogP contribution in [-0.2, 0) is 30.3 Å². The van der Waals surface area contributed by atoms with Crippen LogP contribution in [0, 0.1) is 0 Å². The Balaban J connectivity index is 0.000000274. The Morgan fingerprint density at radius 2 is 0.917 bits per heavy atom. The van der Waals surface area contributed by atoms with E-state index in [-0.39, 0.29) is 12.8 Å². The predicted molar refractivity (Wildman–Crippen MR) is 188 cm³/mol. The smallest absolute Gasteiger partial charge is 0.303 e. The highest BCUT2D eigenvalue weighted by atomic mass is 16.5. The van der Waals surface area contributed by atoms with Gasteiger partial charge < -0.3 is 29.5 Å². The number of carboxylic acid groups (broad SMARTS) is 2. The quantitative estimate of drug-likeness (QED) is 0.162. The van der Waals surface area contributed by atoms with Crippen LogP contribution in [0.15, 0.2) is 109 Å². The highest BCUT2D eigenvalue weighted by Gasteiger charge is 2.32. The SMILES string of the molecule is CN(C)CCO[C@@](C)(c1ccccc1)c1ccccn1.CN(C)CCO[C@](C)(c1ccccc1)c1ccccn1.O=C(O)CCC(=O)O. The molecule has 4 rings (SSSR count). The lowest BCUT2D eigenvalue weighted by Gasteiger charge is -2.30. The number of carbonyl (C=O) groups is 2. The maximum absolute atomic E-state index is 9.64. The van der Waals surface area contributed by atoms with Crippen LogP contribution in [0.4, 0.5) is 0 Å². The van der Waals surface area contributed by atoms with E-state index >= 15 is 0 Å². The van der Waals surface area contributed by atoms with E-state index in [1.54, 1.807) is 0 Å². The largest absolute Gasteiger partial charge is 0.481 e. The molecule has 0 radical (unpaired) electrons. The maximum atomic E-state index is 9.64. The molecule has 10 nitrogen and oxygen atoms in total. The molecule has 0 aliphatic rings. The molecule has 2 aromatic heterocycles. The van der Waals surface area contributed by atoms with Gasteiger partial charge in [0.05, 0.1) is 37.4 Å². The Bertz CT molecular complexity index is 1260. The van der Waals surface area contributed by atoms with Crippen molar-refractivity contribution in [3.63, 3.8) is 0 Å². The van der Waals surface area contributed by atoms with Gasteiger partial charge in [0.15, 0.2) is 0 Å². The molecular formula is C38H50N4O6. The fourth-order valence-electron chi connectivity index (χ4n) is 4.49. The number of hydrogen-bond acceptors (Lipinski definition) is 8. The van der Waals surface area contributed by atoms with E-state index in [0.29, 0.717) is 13.2 Å². The molecule has 0 spiro atoms. The van der Waals surface area contributed by atoms with Crippen LogP contribution in [0.2, 0.25) is 0 Å². The number of hydrogen-bond donors (Lipinski definition) is 2. The van der Waals surface area contributed by atoms with Crippen LogP contribution in [-0.4, -0.2) is 96.4 Å². The first kappa shape index (κ1) is 39.7. The molecule has 2 aromatic carbocycles. The normalized spacial score (nSPS) is 13.2. The summed E-state index contributed by atoms with van der Waals surface area (Å²) in [5.41, 5.74) is 3.08. The topological polar surface area (TPSA) is 125 Å². The van der Waals surface area contributed by atoms with Gasteiger partial charge in [-0.15, -0.1) is 0 Å². The van der Waals surface area contributed by atoms with E-state index in [2.05, 4.69) is 57.9 Å². The molecule has 0 unspecified atom stereocenters. The molecule has 4 aromatic rings. The molecular weight excluding hydrogens is 608 g/mol. The zero-order chi connectivity index (χ0) is 35.4. The van der Waals surface area contributed by atoms with Crippen molar-refractivity contribution >= 4 is 11.9 Å². The third kappa shape index (κ3) is 13.7. The van der Waals surface area contributed by atoms with Crippen LogP contribution in [0.3, 0.4) is 0 Å². The van der Waals surface area contributed by atoms with Gasteiger partial charge in [-0.1, -0.05) is 72.8 Å². The second-order valence-corrected chi connectivity index (χ2v) is 11.8. The van der Waals surface area contributed by atoms with Crippen molar-refractivity contribution in [2.45, 2.75) is 37.9 Å². The minimum absolute atomic E-state index is 0.296. The standard InChI is InChI=1S/2C17H22N2O.C4H6O4/c2*1-17(20-14-13-19(2)3,15-9-5-4-6-10-15)16-11-7-8-12-18-16;5-3(6)1-2-4(7)8/h2*4-12H,13-14H2,1-3H3;1-2H2,(H,5,6)(H,7,8)/t2*17-;/m10./s1. The van der Waals surface area contributed by atoms with Crippen molar-refractivity contribution in [1.29, 1.82) is 0 Å². The Morgan fingerprint density at radius 1 is 0.583 bits per heavy atom. The predicted octanol–water partition coefficient (Wildman–Crippen LogP) is 5.78. The summed E-state index contributed by atoms with van der Waals surface area (Å²) in [6.07, 6.45) is 3.03. The third-order valence-electron chi connectivity index (χ3n) is 7.37. The molecule has 48 heavy (non-hydrogen) atoms. The lowest BCUT2D eigenvalue weighted by molar-refractivity contribution is -0.143. The van der Waals surface area contributed by atoms with E-state index in [1.807, 2.05) is 113 Å². The summed E-state index contributed by atoms with van der Waals surface area (Å²) in [5, 5.41) is 15.8. The number of likely N-dealkylation sites (N-methyl/N-ethyl adjacent to an activating group) is 2. The van der Waals surface area contributed by atoms with Gasteiger partial charge in [-0.25, -0.2) is 0 Å². The second-order valence-electron chi connectivity index (χ2n) is 11.8. The molecule has 258 valence electrons. The molecule has 0 fully saturated rings. The van der Waals surface area contributed by atoms with Crippen LogP contribution in [0.5, 0.6) is 0 Å². The number of pyridine rings is 2. The number of aliphatic carboxylic acids is 2. The van der Waals surface area contributed by atoms with E-state index < -0.39 is 23.1 Å². The molecule has 2 atom stereocenters. The minimum atomic E-state index is -1.08. The first-order valence-electron chi connectivity index (χ1n) is 15.8. The van der Waals surface area contributed by atoms with E-state index in [0.717, 1.165) is 35.6 Å². The van der Waals surface area contributed by atoms with Crippen molar-refractivity contribution < 1.29 is 29.3 Å². The van der Waals surface area contributed by atoms with Crippen LogP contribution < -0.4 is 0 Å². The number of benzene rings is 2. The molecule has 0 saturated carbocycles. The number of ether oxygens (including phenoxy) is 2. The molecule has 0 amide bonds. The summed E-state index contributed by atoms with van der Waals surface area (Å²) < 4.78 is 12.4. The maximum Gasteiger partial charge on any atom is 0.303 e. The van der Waals surface area contributed by atoms with Crippen molar-refractivity contribution in [1.82, 2.24) is 19.8 Å². The van der Waals surface area contributed by atoms with Crippen LogP contribution in [0.1, 0.15) is 49.2 Å². The lowest BCUT2D eigenvalue weighted by Crippen LogP contribution is -2.32. The highest BCUT2D eigenvalue weighted by molar-refractivity contribution is 5.75. The first-order valence-corrected chi connectivity index (χ1v) is 15.8. The zero-order valence-corrected chi connectivity index (χ0v) is 29.0. The third-order valence-corrected chi connectivity index (χ3v) is 7.37. The summed E-state index contributed by atoms with van der Waals surface area (Å²) in [6, 6.07) is 32.4. The molecule has 2 heterocycles. The molecule has 0 aliphatic heterocycles. The van der Waals surface area contributed by atoms with Gasteiger partial charge in [0, 0.05) is 25.5 Å². The molecule has 0 bridgehead atoms. The van der Waals surface area contributed by atoms with Crippen LogP contribution in [0.25, 0.3) is 0 Å². The Hall–Kier alpha value is -4.48. The van der Waals surface area contributed by atoms with Gasteiger partial charge in [-0.05, 0) is 77.4 Å². The van der Waals surface area contributed by atoms with Crippen molar-refractivity contribution in [2.75, 3.05) is 54.5 Å². The molecule has 10 heteroatoms. The van der Waals surface area contributed by atoms with Crippen molar-refractivity contribution in [2.24, 2.45) is 0 Å². The Morgan fingerprint density at radius 3 is 1.19 bits per heavy atom. The van der Waals surface area contributed by atoms with Gasteiger partial charge in [0.1, 0.15) is 11.2 Å². The summed E-state index contributed by atoms with van der Waals surface area (Å²) >= 11 is 0. The summed E-state index contributed by atoms with van der Waals surface area (Å²) in [6.45, 7) is 7.26. The summed E-state index contributed by atoms with van der Waals surface area (Å²) in [7, 11) is 8.18. The fourth-order valence-corrected chi connectivity index (χ4v) is 4.49. The average Bonchev–Trinajstić information content (AvgIpc) is 3.09. The van der Waals surface area contributed by atoms with E-state index in [4.69, 9.17) is 19.7 Å². The number of nitrogens with zero attached hydrogens (tertiary/aromatic N) is 4. The van der Waals surface area contributed by atoms with Crippen LogP contribution >= 0.6 is 0 Å². The van der Waals surface area contributed by atoms with E-state index in [1.165, 1.54) is 0 Å². The fraction of sp³-hybridized carbons (Fsp3) is 0.368. The van der Waals surface area contributed by atoms with E-state index in [9.17, 15) is 9.59 Å². The Labute approximate surface area is 285 Å². The molecule has 0 saturated heterocycles. The summed E-state index contributed by atoms with van der Waals surface area (Å²) in [5.74, 6) is -2.15. The first-order chi connectivity index (χ1) is 22.9. The Kier molecular flexibility index (Phi) is 17.1. The molecule has 2 N–H and O–H groups in total. The van der Waals surface area contributed by atoms with Gasteiger partial charge >= 0.3 is 11.9 Å². The number of aromatic nitrogens is 2. The minimum Gasteiger partial charge on any atom is -0.481 e. The monoisotopic (exact) mass is 658 g/mol. The lowest BCUT2D eigenvalue weighted by atomic mass is 9.91. The number of carboxylic acids is 2. The average molecular weight is 659 g/mol. The highest BCUT2D eigenvalue weighted by Crippen LogP contribution is 2.32. The summed E-state index contributed by atoms with van der Waals surface area (Å²) in [4.78, 5) is 32.5. The number of rotatable bonds is 15. The molecule has 0 aliphatic carbocycles. The van der Waals surface area contributed by atoms with Crippen molar-refractivity contribution in [3.8, 4) is 0 Å². The van der Waals surface area contributed by atoms with Crippen molar-refractivity contribution in [3.05, 3.63) is 132 Å². The second kappa shape index (κ2) is 20.7. The van der Waals surface area contributed by atoms with Gasteiger partial charge in [0.2, 0.25) is 0 Å². The van der Waals surface area contributed by atoms with Gasteiger partial charge in [-0.2, -0.15) is 0 Å². The van der Waals surface area contributed by atoms with Gasteiger partial charge in [-0.3, -0.25) is 19.6 Å². The zero-order valence-electron chi connectivity index (χ0n) is 29.0. The van der Waals surface area contributed by atoms with Gasteiger partial charge in [0.25, 0.3) is 0 Å².